The number of hydrogen-bond acceptors (Lipinski definition) is 2. The first kappa shape index (κ1) is 13.4. The molecule has 1 aliphatic rings. The van der Waals surface area contributed by atoms with Crippen molar-refractivity contribution in [2.45, 2.75) is 58.0 Å². The molecule has 0 heterocycles. The number of hydrogen-bond donors (Lipinski definition) is 2. The van der Waals surface area contributed by atoms with Gasteiger partial charge in [0.2, 0.25) is 0 Å². The summed E-state index contributed by atoms with van der Waals surface area (Å²) < 4.78 is 0. The van der Waals surface area contributed by atoms with Gasteiger partial charge in [0.25, 0.3) is 0 Å². The van der Waals surface area contributed by atoms with Gasteiger partial charge in [-0.2, -0.15) is 0 Å². The molecule has 1 aliphatic carbocycles. The van der Waals surface area contributed by atoms with Crippen molar-refractivity contribution in [2.75, 3.05) is 0 Å². The first-order chi connectivity index (χ1) is 8.65. The van der Waals surface area contributed by atoms with Gasteiger partial charge >= 0.3 is 0 Å². The van der Waals surface area contributed by atoms with Gasteiger partial charge in [0, 0.05) is 12.1 Å². The van der Waals surface area contributed by atoms with Crippen molar-refractivity contribution in [2.24, 2.45) is 5.92 Å². The summed E-state index contributed by atoms with van der Waals surface area (Å²) in [5.74, 6) is 1.21. The highest BCUT2D eigenvalue weighted by Crippen LogP contribution is 2.27. The Balaban J connectivity index is 1.80. The van der Waals surface area contributed by atoms with E-state index in [1.54, 1.807) is 12.1 Å². The van der Waals surface area contributed by atoms with Crippen molar-refractivity contribution in [3.05, 3.63) is 29.8 Å². The molecule has 0 amide bonds. The summed E-state index contributed by atoms with van der Waals surface area (Å²) in [6.07, 6.45) is 6.61. The van der Waals surface area contributed by atoms with E-state index in [0.717, 1.165) is 12.3 Å². The van der Waals surface area contributed by atoms with Crippen molar-refractivity contribution >= 4 is 0 Å². The highest BCUT2D eigenvalue weighted by molar-refractivity contribution is 5.26. The van der Waals surface area contributed by atoms with Crippen molar-refractivity contribution in [1.29, 1.82) is 0 Å². The maximum Gasteiger partial charge on any atom is 0.115 e. The second-order valence-corrected chi connectivity index (χ2v) is 5.77. The van der Waals surface area contributed by atoms with Crippen LogP contribution in [0.4, 0.5) is 0 Å². The zero-order valence-electron chi connectivity index (χ0n) is 11.5. The third-order valence-corrected chi connectivity index (χ3v) is 4.13. The second-order valence-electron chi connectivity index (χ2n) is 5.77. The summed E-state index contributed by atoms with van der Waals surface area (Å²) in [5, 5.41) is 13.0. The van der Waals surface area contributed by atoms with Gasteiger partial charge < -0.3 is 10.4 Å². The zero-order valence-corrected chi connectivity index (χ0v) is 11.5. The topological polar surface area (TPSA) is 32.3 Å². The van der Waals surface area contributed by atoms with E-state index in [1.807, 2.05) is 12.1 Å². The fourth-order valence-corrected chi connectivity index (χ4v) is 3.09. The molecule has 2 nitrogen and oxygen atoms in total. The van der Waals surface area contributed by atoms with Crippen molar-refractivity contribution in [3.8, 4) is 5.75 Å². The number of nitrogens with one attached hydrogen (secondary N) is 1. The number of rotatable bonds is 5. The maximum absolute atomic E-state index is 9.26. The highest BCUT2D eigenvalue weighted by Gasteiger charge is 2.22. The molecule has 1 aromatic rings. The van der Waals surface area contributed by atoms with Gasteiger partial charge in [-0.05, 0) is 56.7 Å². The SMILES string of the molecule is CC(Cc1ccc(O)cc1)NC(C)C1CCCC1. The van der Waals surface area contributed by atoms with Gasteiger partial charge in [-0.25, -0.2) is 0 Å². The predicted molar refractivity (Wildman–Crippen MR) is 75.8 cm³/mol. The minimum atomic E-state index is 0.346. The molecule has 1 saturated carbocycles. The lowest BCUT2D eigenvalue weighted by molar-refractivity contribution is 0.348. The summed E-state index contributed by atoms with van der Waals surface area (Å²) in [5.41, 5.74) is 1.28. The van der Waals surface area contributed by atoms with E-state index >= 15 is 0 Å². The second kappa shape index (κ2) is 6.24. The van der Waals surface area contributed by atoms with Crippen LogP contribution in [-0.2, 0) is 6.42 Å². The Labute approximate surface area is 110 Å². The lowest BCUT2D eigenvalue weighted by Gasteiger charge is -2.25. The minimum Gasteiger partial charge on any atom is -0.508 e. The van der Waals surface area contributed by atoms with Gasteiger partial charge in [0.15, 0.2) is 0 Å². The molecule has 100 valence electrons. The average Bonchev–Trinajstić information content (AvgIpc) is 2.85. The highest BCUT2D eigenvalue weighted by atomic mass is 16.3. The Morgan fingerprint density at radius 2 is 1.78 bits per heavy atom. The Morgan fingerprint density at radius 3 is 2.39 bits per heavy atom. The van der Waals surface area contributed by atoms with Crippen LogP contribution in [-0.4, -0.2) is 17.2 Å². The average molecular weight is 247 g/mol. The Hall–Kier alpha value is -1.02. The molecule has 2 heteroatoms. The Morgan fingerprint density at radius 1 is 1.17 bits per heavy atom. The van der Waals surface area contributed by atoms with Gasteiger partial charge in [-0.1, -0.05) is 25.0 Å². The molecule has 2 unspecified atom stereocenters. The summed E-state index contributed by atoms with van der Waals surface area (Å²) >= 11 is 0. The molecule has 0 radical (unpaired) electrons. The van der Waals surface area contributed by atoms with Gasteiger partial charge in [0.1, 0.15) is 5.75 Å². The fraction of sp³-hybridized carbons (Fsp3) is 0.625. The van der Waals surface area contributed by atoms with Crippen LogP contribution < -0.4 is 5.32 Å². The molecule has 1 aromatic carbocycles. The van der Waals surface area contributed by atoms with Crippen LogP contribution in [0.5, 0.6) is 5.75 Å². The van der Waals surface area contributed by atoms with E-state index in [2.05, 4.69) is 19.2 Å². The molecule has 2 rings (SSSR count). The predicted octanol–water partition coefficient (Wildman–Crippen LogP) is 3.49. The number of phenols is 1. The minimum absolute atomic E-state index is 0.346. The molecule has 0 aromatic heterocycles. The molecule has 0 aliphatic heterocycles. The summed E-state index contributed by atoms with van der Waals surface area (Å²) in [4.78, 5) is 0. The zero-order chi connectivity index (χ0) is 13.0. The Bertz CT molecular complexity index is 354. The van der Waals surface area contributed by atoms with Crippen LogP contribution in [0.1, 0.15) is 45.1 Å². The standard InChI is InChI=1S/C16H25NO/c1-12(11-14-7-9-16(18)10-8-14)17-13(2)15-5-3-4-6-15/h7-10,12-13,15,17-18H,3-6,11H2,1-2H3. The van der Waals surface area contributed by atoms with E-state index < -0.39 is 0 Å². The van der Waals surface area contributed by atoms with Crippen LogP contribution in [0.25, 0.3) is 0 Å². The van der Waals surface area contributed by atoms with Crippen LogP contribution in [0.15, 0.2) is 24.3 Å². The molecule has 2 atom stereocenters. The molecule has 0 saturated heterocycles. The molecular weight excluding hydrogens is 222 g/mol. The first-order valence-corrected chi connectivity index (χ1v) is 7.19. The summed E-state index contributed by atoms with van der Waals surface area (Å²) in [6.45, 7) is 4.57. The molecule has 1 fully saturated rings. The smallest absolute Gasteiger partial charge is 0.115 e. The first-order valence-electron chi connectivity index (χ1n) is 7.19. The van der Waals surface area contributed by atoms with Crippen LogP contribution in [0, 0.1) is 5.92 Å². The molecule has 0 bridgehead atoms. The monoisotopic (exact) mass is 247 g/mol. The van der Waals surface area contributed by atoms with Crippen LogP contribution >= 0.6 is 0 Å². The number of benzene rings is 1. The number of phenolic OH excluding ortho intramolecular Hbond substituents is 1. The van der Waals surface area contributed by atoms with E-state index in [4.69, 9.17) is 0 Å². The van der Waals surface area contributed by atoms with E-state index in [1.165, 1.54) is 31.2 Å². The lowest BCUT2D eigenvalue weighted by Crippen LogP contribution is -2.39. The largest absolute Gasteiger partial charge is 0.508 e. The summed E-state index contributed by atoms with van der Waals surface area (Å²) in [7, 11) is 0. The summed E-state index contributed by atoms with van der Waals surface area (Å²) in [6, 6.07) is 8.66. The third kappa shape index (κ3) is 3.74. The van der Waals surface area contributed by atoms with E-state index in [9.17, 15) is 5.11 Å². The van der Waals surface area contributed by atoms with E-state index in [-0.39, 0.29) is 0 Å². The molecule has 2 N–H and O–H groups in total. The van der Waals surface area contributed by atoms with Crippen LogP contribution in [0.3, 0.4) is 0 Å². The van der Waals surface area contributed by atoms with Crippen molar-refractivity contribution in [1.82, 2.24) is 5.32 Å². The van der Waals surface area contributed by atoms with Gasteiger partial charge in [-0.3, -0.25) is 0 Å². The number of aromatic hydroxyl groups is 1. The van der Waals surface area contributed by atoms with E-state index in [0.29, 0.717) is 17.8 Å². The van der Waals surface area contributed by atoms with Crippen molar-refractivity contribution < 1.29 is 5.11 Å². The van der Waals surface area contributed by atoms with Gasteiger partial charge in [0.05, 0.1) is 0 Å². The fourth-order valence-electron chi connectivity index (χ4n) is 3.09. The molecule has 0 spiro atoms. The van der Waals surface area contributed by atoms with Crippen molar-refractivity contribution in [3.63, 3.8) is 0 Å². The molecular formula is C16H25NO. The maximum atomic E-state index is 9.26. The third-order valence-electron chi connectivity index (χ3n) is 4.13. The Kier molecular flexibility index (Phi) is 4.65. The van der Waals surface area contributed by atoms with Crippen LogP contribution in [0.2, 0.25) is 0 Å². The quantitative estimate of drug-likeness (QED) is 0.834. The van der Waals surface area contributed by atoms with Gasteiger partial charge in [-0.15, -0.1) is 0 Å². The normalized spacial score (nSPS) is 19.9. The lowest BCUT2D eigenvalue weighted by atomic mass is 9.98. The molecule has 18 heavy (non-hydrogen) atoms.